The highest BCUT2D eigenvalue weighted by Crippen LogP contribution is 2.28. The molecule has 2 atom stereocenters. The molecule has 3 rings (SSSR count). The first kappa shape index (κ1) is 14.4. The molecule has 1 fully saturated rings. The van der Waals surface area contributed by atoms with Gasteiger partial charge < -0.3 is 19.2 Å². The summed E-state index contributed by atoms with van der Waals surface area (Å²) in [5.74, 6) is 2.35. The third-order valence-electron chi connectivity index (χ3n) is 4.23. The van der Waals surface area contributed by atoms with Crippen molar-refractivity contribution in [3.63, 3.8) is 0 Å². The van der Waals surface area contributed by atoms with Gasteiger partial charge in [-0.25, -0.2) is 0 Å². The quantitative estimate of drug-likeness (QED) is 0.885. The van der Waals surface area contributed by atoms with Gasteiger partial charge in [0, 0.05) is 18.5 Å². The van der Waals surface area contributed by atoms with E-state index in [1.165, 1.54) is 0 Å². The number of methoxy groups -OCH3 is 1. The Hall–Kier alpha value is -1.52. The average molecular weight is 289 g/mol. The Bertz CT molecular complexity index is 593. The number of hydrogen-bond donors (Lipinski definition) is 1. The molecule has 0 spiro atoms. The van der Waals surface area contributed by atoms with E-state index in [2.05, 4.69) is 18.3 Å². The Labute approximate surface area is 125 Å². The number of para-hydroxylation sites is 1. The van der Waals surface area contributed by atoms with E-state index in [9.17, 15) is 0 Å². The second kappa shape index (κ2) is 6.50. The summed E-state index contributed by atoms with van der Waals surface area (Å²) in [5.41, 5.74) is 0.826. The summed E-state index contributed by atoms with van der Waals surface area (Å²) in [6.45, 7) is 4.80. The van der Waals surface area contributed by atoms with Crippen molar-refractivity contribution in [1.29, 1.82) is 0 Å². The maximum atomic E-state index is 5.89. The van der Waals surface area contributed by atoms with E-state index in [1.807, 2.05) is 18.2 Å². The van der Waals surface area contributed by atoms with Crippen molar-refractivity contribution in [2.75, 3.05) is 20.3 Å². The van der Waals surface area contributed by atoms with Crippen molar-refractivity contribution in [2.45, 2.75) is 32.4 Å². The van der Waals surface area contributed by atoms with Crippen molar-refractivity contribution in [3.8, 4) is 5.75 Å². The van der Waals surface area contributed by atoms with E-state index >= 15 is 0 Å². The summed E-state index contributed by atoms with van der Waals surface area (Å²) in [4.78, 5) is 0. The molecule has 2 heterocycles. The predicted octanol–water partition coefficient (Wildman–Crippen LogP) is 3.35. The SMILES string of the molecule is CCC1OCCC1CNCc1cc2cccc(OC)c2o1. The lowest BCUT2D eigenvalue weighted by atomic mass is 10.00. The number of rotatable bonds is 6. The molecule has 0 saturated carbocycles. The van der Waals surface area contributed by atoms with Crippen molar-refractivity contribution in [2.24, 2.45) is 5.92 Å². The normalized spacial score (nSPS) is 22.0. The molecule has 0 bridgehead atoms. The van der Waals surface area contributed by atoms with Crippen LogP contribution in [-0.2, 0) is 11.3 Å². The summed E-state index contributed by atoms with van der Waals surface area (Å²) in [6, 6.07) is 8.02. The zero-order chi connectivity index (χ0) is 14.7. The highest BCUT2D eigenvalue weighted by Gasteiger charge is 2.26. The van der Waals surface area contributed by atoms with Gasteiger partial charge in [0.15, 0.2) is 11.3 Å². The minimum Gasteiger partial charge on any atom is -0.493 e. The molecule has 1 aromatic heterocycles. The lowest BCUT2D eigenvalue weighted by Gasteiger charge is -2.16. The van der Waals surface area contributed by atoms with Crippen molar-refractivity contribution >= 4 is 11.0 Å². The maximum absolute atomic E-state index is 5.89. The Morgan fingerprint density at radius 3 is 3.10 bits per heavy atom. The van der Waals surface area contributed by atoms with E-state index in [1.54, 1.807) is 7.11 Å². The summed E-state index contributed by atoms with van der Waals surface area (Å²) in [6.07, 6.45) is 2.65. The van der Waals surface area contributed by atoms with Crippen LogP contribution in [0.25, 0.3) is 11.0 Å². The minimum absolute atomic E-state index is 0.410. The van der Waals surface area contributed by atoms with Crippen LogP contribution in [-0.4, -0.2) is 26.4 Å². The molecule has 0 radical (unpaired) electrons. The highest BCUT2D eigenvalue weighted by atomic mass is 16.5. The Morgan fingerprint density at radius 2 is 2.29 bits per heavy atom. The van der Waals surface area contributed by atoms with Gasteiger partial charge in [-0.1, -0.05) is 19.1 Å². The standard InChI is InChI=1S/C17H23NO3/c1-3-15-13(7-8-20-15)10-18-11-14-9-12-5-4-6-16(19-2)17(12)21-14/h4-6,9,13,15,18H,3,7-8,10-11H2,1-2H3. The van der Waals surface area contributed by atoms with Gasteiger partial charge in [-0.05, 0) is 30.9 Å². The van der Waals surface area contributed by atoms with Crippen LogP contribution < -0.4 is 10.1 Å². The third-order valence-corrected chi connectivity index (χ3v) is 4.23. The van der Waals surface area contributed by atoms with Crippen LogP contribution in [0.1, 0.15) is 25.5 Å². The number of hydrogen-bond acceptors (Lipinski definition) is 4. The molecule has 1 aromatic carbocycles. The van der Waals surface area contributed by atoms with Crippen LogP contribution in [0.3, 0.4) is 0 Å². The second-order valence-corrected chi connectivity index (χ2v) is 5.59. The van der Waals surface area contributed by atoms with Crippen LogP contribution in [0, 0.1) is 5.92 Å². The van der Waals surface area contributed by atoms with E-state index in [0.29, 0.717) is 12.0 Å². The fourth-order valence-corrected chi connectivity index (χ4v) is 3.10. The number of furan rings is 1. The number of ether oxygens (including phenoxy) is 2. The fraction of sp³-hybridized carbons (Fsp3) is 0.529. The van der Waals surface area contributed by atoms with Crippen molar-refractivity contribution in [1.82, 2.24) is 5.32 Å². The zero-order valence-electron chi connectivity index (χ0n) is 12.7. The Morgan fingerprint density at radius 1 is 1.38 bits per heavy atom. The average Bonchev–Trinajstić information content (AvgIpc) is 3.12. The molecule has 1 N–H and O–H groups in total. The van der Waals surface area contributed by atoms with Gasteiger partial charge in [0.1, 0.15) is 5.76 Å². The van der Waals surface area contributed by atoms with Gasteiger partial charge in [0.25, 0.3) is 0 Å². The van der Waals surface area contributed by atoms with E-state index in [0.717, 1.165) is 55.0 Å². The van der Waals surface area contributed by atoms with E-state index in [-0.39, 0.29) is 0 Å². The first-order valence-corrected chi connectivity index (χ1v) is 7.69. The first-order chi connectivity index (χ1) is 10.3. The van der Waals surface area contributed by atoms with Gasteiger partial charge in [0.2, 0.25) is 0 Å². The van der Waals surface area contributed by atoms with Gasteiger partial charge in [0.05, 0.1) is 19.8 Å². The smallest absolute Gasteiger partial charge is 0.176 e. The Balaban J connectivity index is 1.60. The summed E-state index contributed by atoms with van der Waals surface area (Å²) >= 11 is 0. The second-order valence-electron chi connectivity index (χ2n) is 5.59. The largest absolute Gasteiger partial charge is 0.493 e. The van der Waals surface area contributed by atoms with E-state index in [4.69, 9.17) is 13.9 Å². The lowest BCUT2D eigenvalue weighted by Crippen LogP contribution is -2.27. The van der Waals surface area contributed by atoms with Crippen LogP contribution in [0.4, 0.5) is 0 Å². The predicted molar refractivity (Wildman–Crippen MR) is 82.6 cm³/mol. The van der Waals surface area contributed by atoms with Gasteiger partial charge in [-0.3, -0.25) is 0 Å². The van der Waals surface area contributed by atoms with Crippen LogP contribution in [0.15, 0.2) is 28.7 Å². The molecule has 1 saturated heterocycles. The monoisotopic (exact) mass is 289 g/mol. The van der Waals surface area contributed by atoms with Gasteiger partial charge in [-0.15, -0.1) is 0 Å². The molecule has 2 unspecified atom stereocenters. The fourth-order valence-electron chi connectivity index (χ4n) is 3.10. The molecular weight excluding hydrogens is 266 g/mol. The van der Waals surface area contributed by atoms with Gasteiger partial charge >= 0.3 is 0 Å². The van der Waals surface area contributed by atoms with Crippen LogP contribution >= 0.6 is 0 Å². The summed E-state index contributed by atoms with van der Waals surface area (Å²) < 4.78 is 16.9. The van der Waals surface area contributed by atoms with Crippen LogP contribution in [0.5, 0.6) is 5.75 Å². The number of benzene rings is 1. The molecule has 21 heavy (non-hydrogen) atoms. The first-order valence-electron chi connectivity index (χ1n) is 7.69. The minimum atomic E-state index is 0.410. The van der Waals surface area contributed by atoms with Gasteiger partial charge in [-0.2, -0.15) is 0 Å². The zero-order valence-corrected chi connectivity index (χ0v) is 12.7. The van der Waals surface area contributed by atoms with Crippen molar-refractivity contribution in [3.05, 3.63) is 30.0 Å². The van der Waals surface area contributed by atoms with Crippen molar-refractivity contribution < 1.29 is 13.9 Å². The molecule has 2 aromatic rings. The van der Waals surface area contributed by atoms with E-state index < -0.39 is 0 Å². The topological polar surface area (TPSA) is 43.6 Å². The molecule has 1 aliphatic rings. The number of fused-ring (bicyclic) bond motifs is 1. The molecule has 4 heteroatoms. The molecule has 0 aliphatic carbocycles. The van der Waals surface area contributed by atoms with Crippen LogP contribution in [0.2, 0.25) is 0 Å². The molecular formula is C17H23NO3. The highest BCUT2D eigenvalue weighted by molar-refractivity contribution is 5.83. The third kappa shape index (κ3) is 3.06. The molecule has 4 nitrogen and oxygen atoms in total. The summed E-state index contributed by atoms with van der Waals surface area (Å²) in [5, 5.41) is 4.58. The molecule has 0 amide bonds. The molecule has 114 valence electrons. The maximum Gasteiger partial charge on any atom is 0.176 e. The summed E-state index contributed by atoms with van der Waals surface area (Å²) in [7, 11) is 1.67. The number of nitrogens with one attached hydrogen (secondary N) is 1. The lowest BCUT2D eigenvalue weighted by molar-refractivity contribution is 0.0871. The Kier molecular flexibility index (Phi) is 4.46. The molecule has 1 aliphatic heterocycles.